The average molecular weight is 277 g/mol. The first-order valence-corrected chi connectivity index (χ1v) is 6.49. The predicted molar refractivity (Wildman–Crippen MR) is 74.2 cm³/mol. The van der Waals surface area contributed by atoms with Crippen LogP contribution in [0.2, 0.25) is 0 Å². The lowest BCUT2D eigenvalue weighted by atomic mass is 10.1. The van der Waals surface area contributed by atoms with E-state index in [1.807, 2.05) is 37.3 Å². The lowest BCUT2D eigenvalue weighted by Crippen LogP contribution is -2.25. The highest BCUT2D eigenvalue weighted by atomic mass is 19.1. The summed E-state index contributed by atoms with van der Waals surface area (Å²) < 4.78 is 26.3. The molecule has 1 unspecified atom stereocenters. The molecule has 0 fully saturated rings. The zero-order valence-electron chi connectivity index (χ0n) is 11.2. The molecule has 0 bridgehead atoms. The zero-order valence-corrected chi connectivity index (χ0v) is 11.2. The molecule has 2 aromatic rings. The van der Waals surface area contributed by atoms with Gasteiger partial charge in [-0.25, -0.2) is 8.78 Å². The zero-order chi connectivity index (χ0) is 14.5. The molecule has 0 saturated heterocycles. The van der Waals surface area contributed by atoms with Gasteiger partial charge in [0.25, 0.3) is 0 Å². The maximum atomic E-state index is 13.5. The molecule has 0 amide bonds. The third-order valence-electron chi connectivity index (χ3n) is 3.24. The van der Waals surface area contributed by atoms with Gasteiger partial charge in [-0.15, -0.1) is 0 Å². The molecule has 4 heteroatoms. The van der Waals surface area contributed by atoms with Crippen LogP contribution in [0, 0.1) is 11.6 Å². The second kappa shape index (κ2) is 6.59. The van der Waals surface area contributed by atoms with Crippen molar-refractivity contribution in [2.75, 3.05) is 6.54 Å². The molecule has 106 valence electrons. The first-order valence-electron chi connectivity index (χ1n) is 6.49. The number of rotatable bonds is 5. The van der Waals surface area contributed by atoms with E-state index < -0.39 is 17.7 Å². The average Bonchev–Trinajstić information content (AvgIpc) is 2.45. The van der Waals surface area contributed by atoms with Crippen LogP contribution in [-0.4, -0.2) is 11.7 Å². The Morgan fingerprint density at radius 2 is 1.80 bits per heavy atom. The Morgan fingerprint density at radius 3 is 2.45 bits per heavy atom. The van der Waals surface area contributed by atoms with Gasteiger partial charge in [0, 0.05) is 24.2 Å². The Kier molecular flexibility index (Phi) is 4.82. The number of benzene rings is 2. The van der Waals surface area contributed by atoms with Gasteiger partial charge in [0.1, 0.15) is 11.6 Å². The fourth-order valence-electron chi connectivity index (χ4n) is 2.03. The van der Waals surface area contributed by atoms with E-state index in [9.17, 15) is 13.9 Å². The molecule has 0 aliphatic heterocycles. The fourth-order valence-corrected chi connectivity index (χ4v) is 2.03. The molecule has 0 aromatic heterocycles. The standard InChI is InChI=1S/C16H17F2NO/c1-11(12-5-3-2-4-6-12)19-10-16(20)14-8-7-13(17)9-15(14)18/h2-9,11,16,19-20H,10H2,1H3/t11-,16?/m1/s1. The summed E-state index contributed by atoms with van der Waals surface area (Å²) in [4.78, 5) is 0. The minimum atomic E-state index is -1.01. The van der Waals surface area contributed by atoms with Crippen molar-refractivity contribution in [3.63, 3.8) is 0 Å². The molecule has 2 atom stereocenters. The summed E-state index contributed by atoms with van der Waals surface area (Å²) in [7, 11) is 0. The minimum absolute atomic E-state index is 0.0364. The monoisotopic (exact) mass is 277 g/mol. The van der Waals surface area contributed by atoms with E-state index in [-0.39, 0.29) is 18.2 Å². The predicted octanol–water partition coefficient (Wildman–Crippen LogP) is 3.35. The highest BCUT2D eigenvalue weighted by Gasteiger charge is 2.14. The van der Waals surface area contributed by atoms with Crippen LogP contribution in [-0.2, 0) is 0 Å². The third-order valence-corrected chi connectivity index (χ3v) is 3.24. The van der Waals surface area contributed by atoms with E-state index in [0.29, 0.717) is 0 Å². The van der Waals surface area contributed by atoms with Crippen LogP contribution in [0.5, 0.6) is 0 Å². The number of halogens is 2. The van der Waals surface area contributed by atoms with Crippen LogP contribution < -0.4 is 5.32 Å². The topological polar surface area (TPSA) is 32.3 Å². The molecular weight excluding hydrogens is 260 g/mol. The van der Waals surface area contributed by atoms with Gasteiger partial charge in [-0.2, -0.15) is 0 Å². The third kappa shape index (κ3) is 3.62. The summed E-state index contributed by atoms with van der Waals surface area (Å²) >= 11 is 0. The summed E-state index contributed by atoms with van der Waals surface area (Å²) in [5.41, 5.74) is 1.18. The van der Waals surface area contributed by atoms with E-state index in [1.165, 1.54) is 6.07 Å². The Bertz CT molecular complexity index is 560. The molecule has 0 aliphatic rings. The number of aliphatic hydroxyl groups excluding tert-OH is 1. The van der Waals surface area contributed by atoms with Gasteiger partial charge >= 0.3 is 0 Å². The molecule has 2 nitrogen and oxygen atoms in total. The Morgan fingerprint density at radius 1 is 1.10 bits per heavy atom. The fraction of sp³-hybridized carbons (Fsp3) is 0.250. The van der Waals surface area contributed by atoms with Crippen molar-refractivity contribution in [2.24, 2.45) is 0 Å². The van der Waals surface area contributed by atoms with E-state index in [4.69, 9.17) is 0 Å². The molecule has 0 spiro atoms. The molecule has 20 heavy (non-hydrogen) atoms. The number of hydrogen-bond acceptors (Lipinski definition) is 2. The van der Waals surface area contributed by atoms with Gasteiger partial charge in [-0.3, -0.25) is 0 Å². The van der Waals surface area contributed by atoms with Gasteiger partial charge < -0.3 is 10.4 Å². The summed E-state index contributed by atoms with van der Waals surface area (Å²) in [5, 5.41) is 13.1. The maximum absolute atomic E-state index is 13.5. The molecule has 0 heterocycles. The van der Waals surface area contributed by atoms with Crippen LogP contribution >= 0.6 is 0 Å². The van der Waals surface area contributed by atoms with Crippen molar-refractivity contribution in [1.82, 2.24) is 5.32 Å². The van der Waals surface area contributed by atoms with E-state index in [2.05, 4.69) is 5.32 Å². The van der Waals surface area contributed by atoms with Crippen LogP contribution in [0.3, 0.4) is 0 Å². The van der Waals surface area contributed by atoms with Gasteiger partial charge in [0.15, 0.2) is 0 Å². The molecule has 0 saturated carbocycles. The van der Waals surface area contributed by atoms with Crippen molar-refractivity contribution >= 4 is 0 Å². The highest BCUT2D eigenvalue weighted by molar-refractivity contribution is 5.22. The van der Waals surface area contributed by atoms with Crippen molar-refractivity contribution in [3.8, 4) is 0 Å². The second-order valence-electron chi connectivity index (χ2n) is 4.72. The van der Waals surface area contributed by atoms with Crippen molar-refractivity contribution in [1.29, 1.82) is 0 Å². The first kappa shape index (κ1) is 14.6. The van der Waals surface area contributed by atoms with Crippen LogP contribution in [0.15, 0.2) is 48.5 Å². The molecule has 2 rings (SSSR count). The largest absolute Gasteiger partial charge is 0.387 e. The van der Waals surface area contributed by atoms with Crippen LogP contribution in [0.4, 0.5) is 8.78 Å². The normalized spacial score (nSPS) is 14.0. The second-order valence-corrected chi connectivity index (χ2v) is 4.72. The number of hydrogen-bond donors (Lipinski definition) is 2. The quantitative estimate of drug-likeness (QED) is 0.878. The number of aliphatic hydroxyl groups is 1. The van der Waals surface area contributed by atoms with Crippen LogP contribution in [0.25, 0.3) is 0 Å². The SMILES string of the molecule is C[C@@H](NCC(O)c1ccc(F)cc1F)c1ccccc1. The Hall–Kier alpha value is -1.78. The van der Waals surface area contributed by atoms with Gasteiger partial charge in [0.2, 0.25) is 0 Å². The molecule has 2 aromatic carbocycles. The summed E-state index contributed by atoms with van der Waals surface area (Å²) in [6, 6.07) is 13.0. The van der Waals surface area contributed by atoms with Gasteiger partial charge in [-0.1, -0.05) is 36.4 Å². The smallest absolute Gasteiger partial charge is 0.131 e. The van der Waals surface area contributed by atoms with Crippen molar-refractivity contribution < 1.29 is 13.9 Å². The van der Waals surface area contributed by atoms with Gasteiger partial charge in [0.05, 0.1) is 6.10 Å². The van der Waals surface area contributed by atoms with Crippen molar-refractivity contribution in [2.45, 2.75) is 19.1 Å². The summed E-state index contributed by atoms with van der Waals surface area (Å²) in [6.07, 6.45) is -1.01. The van der Waals surface area contributed by atoms with E-state index in [0.717, 1.165) is 17.7 Å². The van der Waals surface area contributed by atoms with Crippen LogP contribution in [0.1, 0.15) is 30.2 Å². The first-order chi connectivity index (χ1) is 9.58. The lowest BCUT2D eigenvalue weighted by Gasteiger charge is -2.18. The summed E-state index contributed by atoms with van der Waals surface area (Å²) in [6.45, 7) is 2.15. The maximum Gasteiger partial charge on any atom is 0.131 e. The molecule has 0 aliphatic carbocycles. The summed E-state index contributed by atoms with van der Waals surface area (Å²) in [5.74, 6) is -1.38. The molecule has 2 N–H and O–H groups in total. The minimum Gasteiger partial charge on any atom is -0.387 e. The lowest BCUT2D eigenvalue weighted by molar-refractivity contribution is 0.166. The Labute approximate surface area is 117 Å². The van der Waals surface area contributed by atoms with E-state index >= 15 is 0 Å². The highest BCUT2D eigenvalue weighted by Crippen LogP contribution is 2.19. The number of nitrogens with one attached hydrogen (secondary N) is 1. The Balaban J connectivity index is 1.96. The van der Waals surface area contributed by atoms with E-state index in [1.54, 1.807) is 0 Å². The van der Waals surface area contributed by atoms with Gasteiger partial charge in [-0.05, 0) is 18.6 Å². The molecular formula is C16H17F2NO. The molecule has 0 radical (unpaired) electrons. The van der Waals surface area contributed by atoms with Crippen molar-refractivity contribution in [3.05, 3.63) is 71.3 Å².